The fourth-order valence-electron chi connectivity index (χ4n) is 1.39. The van der Waals surface area contributed by atoms with Crippen molar-refractivity contribution in [3.8, 4) is 0 Å². The zero-order chi connectivity index (χ0) is 13.1. The Morgan fingerprint density at radius 3 is 3.00 bits per heavy atom. The molecule has 1 aromatic heterocycles. The topological polar surface area (TPSA) is 46.3 Å². The first kappa shape index (κ1) is 13.2. The van der Waals surface area contributed by atoms with Crippen LogP contribution in [0.3, 0.4) is 0 Å². The van der Waals surface area contributed by atoms with Gasteiger partial charge in [0, 0.05) is 31.3 Å². The Morgan fingerprint density at radius 1 is 1.50 bits per heavy atom. The van der Waals surface area contributed by atoms with Crippen molar-refractivity contribution in [1.29, 1.82) is 0 Å². The number of rotatable bonds is 4. The molecule has 6 heteroatoms. The van der Waals surface area contributed by atoms with Gasteiger partial charge < -0.3 is 9.32 Å². The van der Waals surface area contributed by atoms with E-state index in [-0.39, 0.29) is 5.91 Å². The standard InChI is InChI=1S/C12H13ClN2O2S/c1-15(2)11(16)5-6-18-12-14-9-7-8(13)3-4-10(9)17-12/h3-4,7H,5-6H2,1-2H3. The van der Waals surface area contributed by atoms with E-state index in [1.807, 2.05) is 0 Å². The average molecular weight is 285 g/mol. The number of nitrogens with zero attached hydrogens (tertiary/aromatic N) is 2. The fourth-order valence-corrected chi connectivity index (χ4v) is 2.32. The van der Waals surface area contributed by atoms with E-state index < -0.39 is 0 Å². The summed E-state index contributed by atoms with van der Waals surface area (Å²) in [7, 11) is 3.49. The summed E-state index contributed by atoms with van der Waals surface area (Å²) in [6.45, 7) is 0. The highest BCUT2D eigenvalue weighted by molar-refractivity contribution is 7.99. The predicted molar refractivity (Wildman–Crippen MR) is 73.1 cm³/mol. The van der Waals surface area contributed by atoms with Gasteiger partial charge in [0.2, 0.25) is 5.91 Å². The van der Waals surface area contributed by atoms with Crippen molar-refractivity contribution in [3.05, 3.63) is 23.2 Å². The molecular weight excluding hydrogens is 272 g/mol. The summed E-state index contributed by atoms with van der Waals surface area (Å²) >= 11 is 7.30. The van der Waals surface area contributed by atoms with Gasteiger partial charge in [0.1, 0.15) is 5.52 Å². The number of hydrogen-bond acceptors (Lipinski definition) is 4. The number of carbonyl (C=O) groups excluding carboxylic acids is 1. The number of benzene rings is 1. The maximum Gasteiger partial charge on any atom is 0.256 e. The van der Waals surface area contributed by atoms with Crippen molar-refractivity contribution in [1.82, 2.24) is 9.88 Å². The summed E-state index contributed by atoms with van der Waals surface area (Å²) < 4.78 is 5.53. The number of hydrogen-bond donors (Lipinski definition) is 0. The van der Waals surface area contributed by atoms with Gasteiger partial charge in [-0.2, -0.15) is 0 Å². The van der Waals surface area contributed by atoms with Gasteiger partial charge in [-0.1, -0.05) is 23.4 Å². The smallest absolute Gasteiger partial charge is 0.256 e. The summed E-state index contributed by atoms with van der Waals surface area (Å²) in [6.07, 6.45) is 0.469. The Balaban J connectivity index is 1.98. The summed E-state index contributed by atoms with van der Waals surface area (Å²) in [5.74, 6) is 0.749. The molecule has 0 unspecified atom stereocenters. The fraction of sp³-hybridized carbons (Fsp3) is 0.333. The Kier molecular flexibility index (Phi) is 4.14. The van der Waals surface area contributed by atoms with Crippen LogP contribution in [-0.2, 0) is 4.79 Å². The number of oxazole rings is 1. The van der Waals surface area contributed by atoms with Crippen LogP contribution >= 0.6 is 23.4 Å². The molecule has 1 amide bonds. The molecule has 96 valence electrons. The SMILES string of the molecule is CN(C)C(=O)CCSc1nc2cc(Cl)ccc2o1. The molecule has 0 bridgehead atoms. The van der Waals surface area contributed by atoms with Crippen molar-refractivity contribution < 1.29 is 9.21 Å². The van der Waals surface area contributed by atoms with Crippen molar-refractivity contribution in [2.45, 2.75) is 11.6 Å². The first-order valence-corrected chi connectivity index (χ1v) is 6.81. The molecule has 0 N–H and O–H groups in total. The molecule has 0 aliphatic carbocycles. The second-order valence-corrected chi connectivity index (χ2v) is 5.46. The normalized spacial score (nSPS) is 10.8. The monoisotopic (exact) mass is 284 g/mol. The lowest BCUT2D eigenvalue weighted by molar-refractivity contribution is -0.128. The largest absolute Gasteiger partial charge is 0.431 e. The van der Waals surface area contributed by atoms with E-state index in [1.165, 1.54) is 11.8 Å². The second-order valence-electron chi connectivity index (χ2n) is 3.98. The highest BCUT2D eigenvalue weighted by Crippen LogP contribution is 2.25. The predicted octanol–water partition coefficient (Wildman–Crippen LogP) is 3.05. The van der Waals surface area contributed by atoms with Crippen molar-refractivity contribution in [3.63, 3.8) is 0 Å². The molecule has 0 fully saturated rings. The molecule has 2 rings (SSSR count). The van der Waals surface area contributed by atoms with E-state index in [0.717, 1.165) is 5.52 Å². The van der Waals surface area contributed by atoms with Crippen LogP contribution in [0.2, 0.25) is 5.02 Å². The third-order valence-electron chi connectivity index (χ3n) is 2.37. The van der Waals surface area contributed by atoms with Gasteiger partial charge in [0.25, 0.3) is 5.22 Å². The summed E-state index contributed by atoms with van der Waals surface area (Å²) in [4.78, 5) is 17.3. The molecule has 0 spiro atoms. The maximum absolute atomic E-state index is 11.4. The van der Waals surface area contributed by atoms with E-state index in [4.69, 9.17) is 16.0 Å². The van der Waals surface area contributed by atoms with E-state index in [1.54, 1.807) is 37.2 Å². The molecule has 2 aromatic rings. The lowest BCUT2D eigenvalue weighted by atomic mass is 10.3. The third kappa shape index (κ3) is 3.17. The number of aromatic nitrogens is 1. The van der Waals surface area contributed by atoms with Crippen LogP contribution in [0.5, 0.6) is 0 Å². The van der Waals surface area contributed by atoms with Gasteiger partial charge in [-0.3, -0.25) is 4.79 Å². The van der Waals surface area contributed by atoms with Crippen molar-refractivity contribution in [2.75, 3.05) is 19.8 Å². The van der Waals surface area contributed by atoms with E-state index >= 15 is 0 Å². The number of halogens is 1. The number of carbonyl (C=O) groups is 1. The van der Waals surface area contributed by atoms with Crippen molar-refractivity contribution >= 4 is 40.4 Å². The van der Waals surface area contributed by atoms with Crippen LogP contribution in [0.25, 0.3) is 11.1 Å². The number of amides is 1. The Morgan fingerprint density at radius 2 is 2.28 bits per heavy atom. The Labute approximate surface area is 114 Å². The molecule has 4 nitrogen and oxygen atoms in total. The zero-order valence-electron chi connectivity index (χ0n) is 10.1. The van der Waals surface area contributed by atoms with E-state index in [0.29, 0.717) is 28.0 Å². The van der Waals surface area contributed by atoms with Crippen LogP contribution in [0.1, 0.15) is 6.42 Å². The Bertz CT molecular complexity index is 568. The van der Waals surface area contributed by atoms with E-state index in [2.05, 4.69) is 4.98 Å². The van der Waals surface area contributed by atoms with Crippen molar-refractivity contribution in [2.24, 2.45) is 0 Å². The minimum absolute atomic E-state index is 0.0988. The zero-order valence-corrected chi connectivity index (χ0v) is 11.7. The van der Waals surface area contributed by atoms with Gasteiger partial charge in [0.15, 0.2) is 5.58 Å². The average Bonchev–Trinajstić information content (AvgIpc) is 2.70. The molecule has 18 heavy (non-hydrogen) atoms. The van der Waals surface area contributed by atoms with Crippen LogP contribution in [0.4, 0.5) is 0 Å². The quantitative estimate of drug-likeness (QED) is 0.810. The lowest BCUT2D eigenvalue weighted by Gasteiger charge is -2.08. The summed E-state index contributed by atoms with van der Waals surface area (Å²) in [5, 5.41) is 1.20. The molecule has 0 saturated heterocycles. The minimum Gasteiger partial charge on any atom is -0.431 e. The molecular formula is C12H13ClN2O2S. The van der Waals surface area contributed by atoms with E-state index in [9.17, 15) is 4.79 Å². The molecule has 1 heterocycles. The van der Waals surface area contributed by atoms with Gasteiger partial charge >= 0.3 is 0 Å². The van der Waals surface area contributed by atoms with Crippen LogP contribution < -0.4 is 0 Å². The van der Waals surface area contributed by atoms with Gasteiger partial charge in [0.05, 0.1) is 0 Å². The molecule has 0 radical (unpaired) electrons. The van der Waals surface area contributed by atoms with Gasteiger partial charge in [-0.15, -0.1) is 0 Å². The minimum atomic E-state index is 0.0988. The number of fused-ring (bicyclic) bond motifs is 1. The molecule has 0 aliphatic heterocycles. The highest BCUT2D eigenvalue weighted by Gasteiger charge is 2.09. The first-order chi connectivity index (χ1) is 8.56. The van der Waals surface area contributed by atoms with Gasteiger partial charge in [-0.05, 0) is 18.2 Å². The molecule has 1 aromatic carbocycles. The van der Waals surface area contributed by atoms with Crippen LogP contribution in [0.15, 0.2) is 27.8 Å². The highest BCUT2D eigenvalue weighted by atomic mass is 35.5. The molecule has 0 atom stereocenters. The summed E-state index contributed by atoms with van der Waals surface area (Å²) in [5.41, 5.74) is 1.45. The molecule has 0 saturated carbocycles. The molecule has 0 aliphatic rings. The lowest BCUT2D eigenvalue weighted by Crippen LogP contribution is -2.21. The first-order valence-electron chi connectivity index (χ1n) is 5.45. The summed E-state index contributed by atoms with van der Waals surface area (Å²) in [6, 6.07) is 5.31. The second kappa shape index (κ2) is 5.63. The van der Waals surface area contributed by atoms with Crippen LogP contribution in [-0.4, -0.2) is 35.6 Å². The van der Waals surface area contributed by atoms with Crippen LogP contribution in [0, 0.1) is 0 Å². The maximum atomic E-state index is 11.4. The third-order valence-corrected chi connectivity index (χ3v) is 3.44. The Hall–Kier alpha value is -1.20. The van der Waals surface area contributed by atoms with Gasteiger partial charge in [-0.25, -0.2) is 4.98 Å². The number of thioether (sulfide) groups is 1.